The Morgan fingerprint density at radius 1 is 1.10 bits per heavy atom. The minimum absolute atomic E-state index is 0.114. The van der Waals surface area contributed by atoms with Crippen LogP contribution in [0.2, 0.25) is 0 Å². The lowest BCUT2D eigenvalue weighted by molar-refractivity contribution is -0.148. The summed E-state index contributed by atoms with van der Waals surface area (Å²) in [6, 6.07) is 10.1. The lowest BCUT2D eigenvalue weighted by Crippen LogP contribution is -2.36. The van der Waals surface area contributed by atoms with Crippen molar-refractivity contribution in [2.24, 2.45) is 4.99 Å². The first kappa shape index (κ1) is 27.5. The Balaban J connectivity index is 1.54. The molecule has 39 heavy (non-hydrogen) atoms. The van der Waals surface area contributed by atoms with Crippen molar-refractivity contribution >= 4 is 21.7 Å². The van der Waals surface area contributed by atoms with E-state index in [-0.39, 0.29) is 34.7 Å². The first-order chi connectivity index (χ1) is 18.7. The van der Waals surface area contributed by atoms with Gasteiger partial charge in [0.15, 0.2) is 11.5 Å². The molecule has 2 aromatic carbocycles. The molecule has 3 unspecified atom stereocenters. The molecular weight excluding hydrogens is 530 g/mol. The summed E-state index contributed by atoms with van der Waals surface area (Å²) in [6.45, 7) is 1.66. The number of methoxy groups -OCH3 is 1. The van der Waals surface area contributed by atoms with Crippen molar-refractivity contribution in [2.75, 3.05) is 26.8 Å². The van der Waals surface area contributed by atoms with E-state index in [0.717, 1.165) is 29.5 Å². The monoisotopic (exact) mass is 562 g/mol. The van der Waals surface area contributed by atoms with Crippen LogP contribution in [0, 0.1) is 0 Å². The van der Waals surface area contributed by atoms with Crippen molar-refractivity contribution in [1.29, 1.82) is 0 Å². The summed E-state index contributed by atoms with van der Waals surface area (Å²) in [7, 11) is -2.12. The molecule has 2 aliphatic heterocycles. The number of halogens is 2. The highest BCUT2D eigenvalue weighted by Gasteiger charge is 2.39. The molecule has 3 aliphatic rings. The van der Waals surface area contributed by atoms with Crippen LogP contribution in [0.3, 0.4) is 0 Å². The number of benzene rings is 2. The Morgan fingerprint density at radius 3 is 2.46 bits per heavy atom. The fraction of sp³-hybridized carbons (Fsp3) is 0.500. The number of sulfonamides is 1. The molecule has 2 fully saturated rings. The van der Waals surface area contributed by atoms with E-state index < -0.39 is 23.1 Å². The van der Waals surface area contributed by atoms with Crippen LogP contribution in [0.1, 0.15) is 61.6 Å². The van der Waals surface area contributed by atoms with Gasteiger partial charge in [-0.05, 0) is 61.9 Å². The number of carbonyl (C=O) groups is 1. The van der Waals surface area contributed by atoms with Gasteiger partial charge < -0.3 is 14.2 Å². The van der Waals surface area contributed by atoms with Gasteiger partial charge in [-0.25, -0.2) is 17.2 Å². The van der Waals surface area contributed by atoms with Gasteiger partial charge >= 0.3 is 5.97 Å². The number of carbonyl (C=O) groups excluding carboxylic acids is 1. The van der Waals surface area contributed by atoms with Gasteiger partial charge in [-0.3, -0.25) is 9.79 Å². The summed E-state index contributed by atoms with van der Waals surface area (Å²) in [4.78, 5) is 16.9. The molecule has 1 aliphatic carbocycles. The van der Waals surface area contributed by atoms with E-state index >= 15 is 0 Å². The average molecular weight is 563 g/mol. The van der Waals surface area contributed by atoms with Gasteiger partial charge in [0.2, 0.25) is 10.0 Å². The summed E-state index contributed by atoms with van der Waals surface area (Å²) in [5, 5.41) is 0. The molecule has 0 radical (unpaired) electrons. The van der Waals surface area contributed by atoms with E-state index in [2.05, 4.69) is 0 Å². The number of ether oxygens (including phenoxy) is 3. The number of alkyl halides is 2. The second-order valence-electron chi connectivity index (χ2n) is 10.1. The number of esters is 1. The maximum Gasteiger partial charge on any atom is 0.302 e. The third-order valence-corrected chi connectivity index (χ3v) is 9.49. The minimum atomic E-state index is -3.56. The molecule has 210 valence electrons. The summed E-state index contributed by atoms with van der Waals surface area (Å²) >= 11 is 0. The molecule has 1 saturated heterocycles. The molecule has 8 nitrogen and oxygen atoms in total. The molecule has 0 bridgehead atoms. The third-order valence-electron chi connectivity index (χ3n) is 7.58. The molecule has 1 saturated carbocycles. The van der Waals surface area contributed by atoms with Gasteiger partial charge in [0.05, 0.1) is 23.8 Å². The lowest BCUT2D eigenvalue weighted by Gasteiger charge is -2.38. The van der Waals surface area contributed by atoms with Crippen LogP contribution < -0.4 is 9.47 Å². The topological polar surface area (TPSA) is 94.5 Å². The van der Waals surface area contributed by atoms with E-state index in [4.69, 9.17) is 19.2 Å². The summed E-state index contributed by atoms with van der Waals surface area (Å²) in [5.74, 6) is 0.0362. The number of aliphatic imine (C=N–C) groups is 1. The zero-order chi connectivity index (χ0) is 27.7. The highest BCUT2D eigenvalue weighted by Crippen LogP contribution is 2.45. The Labute approximate surface area is 227 Å². The predicted molar refractivity (Wildman–Crippen MR) is 141 cm³/mol. The van der Waals surface area contributed by atoms with Gasteiger partial charge in [-0.2, -0.15) is 4.31 Å². The zero-order valence-corrected chi connectivity index (χ0v) is 22.8. The van der Waals surface area contributed by atoms with E-state index in [1.54, 1.807) is 36.4 Å². The number of rotatable bonds is 8. The highest BCUT2D eigenvalue weighted by atomic mass is 32.2. The summed E-state index contributed by atoms with van der Waals surface area (Å²) in [6.07, 6.45) is 0.677. The second-order valence-corrected chi connectivity index (χ2v) is 12.1. The Bertz CT molecular complexity index is 1360. The fourth-order valence-corrected chi connectivity index (χ4v) is 7.30. The minimum Gasteiger partial charge on any atom is -0.493 e. The van der Waals surface area contributed by atoms with Crippen molar-refractivity contribution in [2.45, 2.75) is 68.4 Å². The Hall–Kier alpha value is -3.05. The van der Waals surface area contributed by atoms with Crippen molar-refractivity contribution in [3.63, 3.8) is 0 Å². The van der Waals surface area contributed by atoms with Gasteiger partial charge in [-0.15, -0.1) is 0 Å². The van der Waals surface area contributed by atoms with E-state index in [1.807, 2.05) is 0 Å². The molecule has 0 spiro atoms. The van der Waals surface area contributed by atoms with Crippen LogP contribution in [-0.4, -0.2) is 69.8 Å². The van der Waals surface area contributed by atoms with Crippen LogP contribution in [0.25, 0.3) is 0 Å². The standard InChI is InChI=1S/C28H32F2N2O6S/c1-17(33)38-19-7-10-24-22(13-19)21-14-26(37-16-27(29)30)25(36-2)15-23(21)28(31-24)18-5-8-20(9-6-18)39(34,35)32-11-3-4-12-32/h5-6,8-9,14-15,19,22,24,27H,3-4,7,10-13,16H2,1-2H3. The van der Waals surface area contributed by atoms with E-state index in [1.165, 1.54) is 18.3 Å². The maximum absolute atomic E-state index is 13.0. The average Bonchev–Trinajstić information content (AvgIpc) is 3.47. The summed E-state index contributed by atoms with van der Waals surface area (Å²) < 4.78 is 69.8. The first-order valence-electron chi connectivity index (χ1n) is 13.2. The van der Waals surface area contributed by atoms with Gasteiger partial charge in [0.1, 0.15) is 12.7 Å². The van der Waals surface area contributed by atoms with Crippen LogP contribution in [0.5, 0.6) is 11.5 Å². The number of hydrogen-bond acceptors (Lipinski definition) is 7. The predicted octanol–water partition coefficient (Wildman–Crippen LogP) is 4.54. The maximum atomic E-state index is 13.0. The molecule has 2 aromatic rings. The van der Waals surface area contributed by atoms with Crippen LogP contribution in [0.4, 0.5) is 8.78 Å². The largest absolute Gasteiger partial charge is 0.493 e. The van der Waals surface area contributed by atoms with Crippen molar-refractivity contribution in [1.82, 2.24) is 4.31 Å². The molecule has 11 heteroatoms. The first-order valence-corrected chi connectivity index (χ1v) is 14.6. The van der Waals surface area contributed by atoms with Gasteiger partial charge in [0.25, 0.3) is 6.43 Å². The van der Waals surface area contributed by atoms with Gasteiger partial charge in [-0.1, -0.05) is 12.1 Å². The molecule has 0 amide bonds. The molecule has 2 heterocycles. The molecule has 5 rings (SSSR count). The second kappa shape index (κ2) is 11.2. The molecule has 0 aromatic heterocycles. The van der Waals surface area contributed by atoms with Crippen molar-refractivity contribution in [3.8, 4) is 11.5 Å². The molecular formula is C28H32F2N2O6S. The third kappa shape index (κ3) is 5.65. The van der Waals surface area contributed by atoms with Crippen molar-refractivity contribution in [3.05, 3.63) is 53.1 Å². The zero-order valence-electron chi connectivity index (χ0n) is 21.9. The van der Waals surface area contributed by atoms with Crippen LogP contribution >= 0.6 is 0 Å². The van der Waals surface area contributed by atoms with Gasteiger partial charge in [0, 0.05) is 37.1 Å². The van der Waals surface area contributed by atoms with Crippen LogP contribution in [-0.2, 0) is 19.6 Å². The quantitative estimate of drug-likeness (QED) is 0.439. The summed E-state index contributed by atoms with van der Waals surface area (Å²) in [5.41, 5.74) is 3.00. The molecule has 0 N–H and O–H groups in total. The number of fused-ring (bicyclic) bond motifs is 3. The van der Waals surface area contributed by atoms with E-state index in [9.17, 15) is 22.0 Å². The van der Waals surface area contributed by atoms with Crippen molar-refractivity contribution < 1.29 is 36.2 Å². The normalized spacial score (nSPS) is 23.1. The number of hydrogen-bond donors (Lipinski definition) is 0. The number of nitrogens with zero attached hydrogens (tertiary/aromatic N) is 2. The Kier molecular flexibility index (Phi) is 7.91. The molecule has 3 atom stereocenters. The smallest absolute Gasteiger partial charge is 0.302 e. The van der Waals surface area contributed by atoms with Crippen LogP contribution in [0.15, 0.2) is 46.3 Å². The fourth-order valence-electron chi connectivity index (χ4n) is 5.79. The Morgan fingerprint density at radius 2 is 1.82 bits per heavy atom. The van der Waals surface area contributed by atoms with E-state index in [0.29, 0.717) is 43.8 Å². The SMILES string of the molecule is COc1cc2c(cc1OCC(F)F)C1CC(OC(C)=O)CCC1N=C2c1ccc(S(=O)(=O)N2CCCC2)cc1. The lowest BCUT2D eigenvalue weighted by atomic mass is 9.74. The highest BCUT2D eigenvalue weighted by molar-refractivity contribution is 7.89.